The number of ether oxygens (including phenoxy) is 3. The summed E-state index contributed by atoms with van der Waals surface area (Å²) < 4.78 is 17.0. The summed E-state index contributed by atoms with van der Waals surface area (Å²) in [5.74, 6) is 0.618. The normalized spacial score (nSPS) is 14.4. The van der Waals surface area contributed by atoms with E-state index in [9.17, 15) is 14.4 Å². The van der Waals surface area contributed by atoms with Gasteiger partial charge in [-0.15, -0.1) is 0 Å². The number of hydrogen-bond acceptors (Lipinski definition) is 8. The lowest BCUT2D eigenvalue weighted by Gasteiger charge is -2.27. The van der Waals surface area contributed by atoms with Crippen molar-refractivity contribution in [3.63, 3.8) is 0 Å². The van der Waals surface area contributed by atoms with Crippen LogP contribution in [0, 0.1) is 0 Å². The van der Waals surface area contributed by atoms with Crippen molar-refractivity contribution in [2.75, 3.05) is 13.1 Å². The van der Waals surface area contributed by atoms with Gasteiger partial charge in [0.15, 0.2) is 5.69 Å². The molecule has 12 heteroatoms. The first-order chi connectivity index (χ1) is 26.7. The standard InChI is InChI=1S/C44H52N6O6/c1-8-24-49(41(52)55-43(2,3)4)27-36-47-37(38(48-36)40(51)54-28-29-13-10-9-11-14-29)33-22-18-31(19-23-33)30-16-20-32(21-17-30)34-26-45-39(46-34)35-15-12-25-50(35)42(53)56-44(5,6)7/h9-11,13-14,16-23,26,35H,8,12,15,24-25,27-28H2,1-7H3,(H,45,46)(H,47,48)/t35-/m0/s1. The molecule has 1 aliphatic rings. The molecular weight excluding hydrogens is 709 g/mol. The molecule has 3 aromatic carbocycles. The van der Waals surface area contributed by atoms with Crippen LogP contribution in [-0.4, -0.2) is 72.2 Å². The third-order valence-electron chi connectivity index (χ3n) is 9.14. The number of carbonyl (C=O) groups excluding carboxylic acids is 3. The molecule has 2 aromatic heterocycles. The zero-order valence-corrected chi connectivity index (χ0v) is 33.3. The molecule has 12 nitrogen and oxygen atoms in total. The van der Waals surface area contributed by atoms with Crippen LogP contribution in [0.2, 0.25) is 0 Å². The first-order valence-corrected chi connectivity index (χ1v) is 19.2. The van der Waals surface area contributed by atoms with E-state index < -0.39 is 23.3 Å². The van der Waals surface area contributed by atoms with E-state index in [1.807, 2.05) is 127 Å². The van der Waals surface area contributed by atoms with Gasteiger partial charge >= 0.3 is 18.2 Å². The molecule has 2 amide bonds. The van der Waals surface area contributed by atoms with Crippen molar-refractivity contribution in [3.05, 3.63) is 108 Å². The lowest BCUT2D eigenvalue weighted by Crippen LogP contribution is -2.37. The molecule has 5 aromatic rings. The molecule has 0 bridgehead atoms. The van der Waals surface area contributed by atoms with Gasteiger partial charge in [0.1, 0.15) is 29.5 Å². The molecule has 0 unspecified atom stereocenters. The van der Waals surface area contributed by atoms with Gasteiger partial charge in [0.25, 0.3) is 0 Å². The zero-order chi connectivity index (χ0) is 40.0. The molecule has 56 heavy (non-hydrogen) atoms. The van der Waals surface area contributed by atoms with Crippen molar-refractivity contribution >= 4 is 18.2 Å². The molecule has 2 N–H and O–H groups in total. The Labute approximate surface area is 328 Å². The topological polar surface area (TPSA) is 143 Å². The van der Waals surface area contributed by atoms with Crippen LogP contribution in [-0.2, 0) is 27.4 Å². The minimum Gasteiger partial charge on any atom is -0.456 e. The SMILES string of the molecule is CCCN(Cc1nc(C(=O)OCc2ccccc2)c(-c2ccc(-c3ccc(-c4cnc([C@@H]5CCCN5C(=O)OC(C)(C)C)[nH]4)cc3)cc2)[nH]1)C(=O)OC(C)(C)C. The maximum Gasteiger partial charge on any atom is 0.410 e. The molecule has 6 rings (SSSR count). The molecular formula is C44H52N6O6. The number of nitrogens with one attached hydrogen (secondary N) is 2. The second-order valence-electron chi connectivity index (χ2n) is 16.0. The summed E-state index contributed by atoms with van der Waals surface area (Å²) in [6.07, 6.45) is 3.46. The summed E-state index contributed by atoms with van der Waals surface area (Å²) in [4.78, 5) is 58.8. The number of carbonyl (C=O) groups is 3. The Morgan fingerprint density at radius 2 is 1.45 bits per heavy atom. The van der Waals surface area contributed by atoms with Crippen LogP contribution >= 0.6 is 0 Å². The summed E-state index contributed by atoms with van der Waals surface area (Å²) in [7, 11) is 0. The maximum atomic E-state index is 13.5. The van der Waals surface area contributed by atoms with Crippen molar-refractivity contribution in [2.45, 2.75) is 98.1 Å². The summed E-state index contributed by atoms with van der Waals surface area (Å²) in [5, 5.41) is 0. The van der Waals surface area contributed by atoms with Crippen molar-refractivity contribution < 1.29 is 28.6 Å². The van der Waals surface area contributed by atoms with Crippen LogP contribution in [0.3, 0.4) is 0 Å². The summed E-state index contributed by atoms with van der Waals surface area (Å²) in [5.41, 5.74) is 4.85. The minimum absolute atomic E-state index is 0.0983. The second-order valence-corrected chi connectivity index (χ2v) is 16.0. The van der Waals surface area contributed by atoms with E-state index in [4.69, 9.17) is 14.2 Å². The van der Waals surface area contributed by atoms with E-state index in [2.05, 4.69) is 19.9 Å². The van der Waals surface area contributed by atoms with E-state index in [1.165, 1.54) is 0 Å². The number of hydrogen-bond donors (Lipinski definition) is 2. The van der Waals surface area contributed by atoms with E-state index in [-0.39, 0.29) is 31.0 Å². The highest BCUT2D eigenvalue weighted by atomic mass is 16.6. The smallest absolute Gasteiger partial charge is 0.410 e. The van der Waals surface area contributed by atoms with Gasteiger partial charge in [-0.1, -0.05) is 85.8 Å². The average Bonchev–Trinajstić information content (AvgIpc) is 3.93. The van der Waals surface area contributed by atoms with E-state index in [0.717, 1.165) is 58.6 Å². The van der Waals surface area contributed by atoms with Crippen molar-refractivity contribution in [1.82, 2.24) is 29.7 Å². The van der Waals surface area contributed by atoms with Gasteiger partial charge < -0.3 is 29.1 Å². The first-order valence-electron chi connectivity index (χ1n) is 19.2. The van der Waals surface area contributed by atoms with Gasteiger partial charge in [0, 0.05) is 18.7 Å². The van der Waals surface area contributed by atoms with E-state index >= 15 is 0 Å². The molecule has 0 spiro atoms. The Kier molecular flexibility index (Phi) is 12.0. The summed E-state index contributed by atoms with van der Waals surface area (Å²) >= 11 is 0. The van der Waals surface area contributed by atoms with E-state index in [1.54, 1.807) is 16.0 Å². The average molecular weight is 761 g/mol. The van der Waals surface area contributed by atoms with Gasteiger partial charge in [-0.25, -0.2) is 24.4 Å². The third-order valence-corrected chi connectivity index (χ3v) is 9.14. The molecule has 0 saturated carbocycles. The fourth-order valence-corrected chi connectivity index (χ4v) is 6.57. The Morgan fingerprint density at radius 3 is 2.07 bits per heavy atom. The molecule has 0 radical (unpaired) electrons. The number of aromatic amines is 2. The number of imidazole rings is 2. The molecule has 0 aliphatic carbocycles. The number of likely N-dealkylation sites (tertiary alicyclic amines) is 1. The molecule has 1 atom stereocenters. The van der Waals surface area contributed by atoms with Crippen molar-refractivity contribution in [2.24, 2.45) is 0 Å². The Bertz CT molecular complexity index is 2110. The fraction of sp³-hybridized carbons (Fsp3) is 0.386. The number of aromatic nitrogens is 4. The van der Waals surface area contributed by atoms with Gasteiger partial charge in [-0.2, -0.15) is 0 Å². The van der Waals surface area contributed by atoms with Crippen LogP contribution in [0.25, 0.3) is 33.6 Å². The number of esters is 1. The highest BCUT2D eigenvalue weighted by molar-refractivity contribution is 5.94. The highest BCUT2D eigenvalue weighted by Gasteiger charge is 2.35. The van der Waals surface area contributed by atoms with Crippen molar-refractivity contribution in [1.29, 1.82) is 0 Å². The molecule has 1 fully saturated rings. The lowest BCUT2D eigenvalue weighted by molar-refractivity contribution is 0.0212. The predicted molar refractivity (Wildman–Crippen MR) is 214 cm³/mol. The molecule has 1 saturated heterocycles. The minimum atomic E-state index is -0.656. The fourth-order valence-electron chi connectivity index (χ4n) is 6.57. The van der Waals surface area contributed by atoms with Crippen LogP contribution in [0.1, 0.15) is 101 Å². The van der Waals surface area contributed by atoms with Gasteiger partial charge in [-0.3, -0.25) is 4.90 Å². The number of H-pyrrole nitrogens is 2. The quantitative estimate of drug-likeness (QED) is 0.100. The van der Waals surface area contributed by atoms with Crippen LogP contribution in [0.5, 0.6) is 0 Å². The number of benzene rings is 3. The monoisotopic (exact) mass is 760 g/mol. The number of nitrogens with zero attached hydrogens (tertiary/aromatic N) is 4. The largest absolute Gasteiger partial charge is 0.456 e. The van der Waals surface area contributed by atoms with Crippen LogP contribution in [0.15, 0.2) is 85.1 Å². The summed E-state index contributed by atoms with van der Waals surface area (Å²) in [6, 6.07) is 25.3. The zero-order valence-electron chi connectivity index (χ0n) is 33.3. The third kappa shape index (κ3) is 10.0. The highest BCUT2D eigenvalue weighted by Crippen LogP contribution is 2.34. The number of amides is 2. The van der Waals surface area contributed by atoms with Crippen molar-refractivity contribution in [3.8, 4) is 33.6 Å². The van der Waals surface area contributed by atoms with Crippen LogP contribution in [0.4, 0.5) is 9.59 Å². The second kappa shape index (κ2) is 16.8. The molecule has 1 aliphatic heterocycles. The van der Waals surface area contributed by atoms with Crippen LogP contribution < -0.4 is 0 Å². The van der Waals surface area contributed by atoms with Gasteiger partial charge in [-0.05, 0) is 83.1 Å². The summed E-state index contributed by atoms with van der Waals surface area (Å²) in [6.45, 7) is 14.4. The van der Waals surface area contributed by atoms with Gasteiger partial charge in [0.2, 0.25) is 0 Å². The Balaban J connectivity index is 1.20. The Morgan fingerprint density at radius 1 is 0.821 bits per heavy atom. The van der Waals surface area contributed by atoms with Gasteiger partial charge in [0.05, 0.1) is 30.2 Å². The molecule has 294 valence electrons. The number of rotatable bonds is 11. The Hall–Kier alpha value is -5.91. The first kappa shape index (κ1) is 39.8. The maximum absolute atomic E-state index is 13.5. The lowest BCUT2D eigenvalue weighted by atomic mass is 10.0. The van der Waals surface area contributed by atoms with E-state index in [0.29, 0.717) is 24.6 Å². The molecule has 3 heterocycles. The predicted octanol–water partition coefficient (Wildman–Crippen LogP) is 9.71.